The van der Waals surface area contributed by atoms with Crippen LogP contribution < -0.4 is 14.4 Å². The van der Waals surface area contributed by atoms with Crippen LogP contribution in [0.1, 0.15) is 66.9 Å². The van der Waals surface area contributed by atoms with Crippen molar-refractivity contribution in [2.24, 2.45) is 23.7 Å². The molecule has 0 aromatic heterocycles. The van der Waals surface area contributed by atoms with Gasteiger partial charge in [-0.15, -0.1) is 0 Å². The third-order valence-corrected chi connectivity index (χ3v) is 11.1. The Kier molecular flexibility index (Phi) is 9.98. The van der Waals surface area contributed by atoms with E-state index in [-0.39, 0.29) is 11.5 Å². The summed E-state index contributed by atoms with van der Waals surface area (Å²) in [4.78, 5) is 15.3. The molecular weight excluding hydrogens is 608 g/mol. The lowest BCUT2D eigenvalue weighted by atomic mass is 9.68. The molecule has 3 aliphatic carbocycles. The number of carbonyl (C=O) groups is 1. The Morgan fingerprint density at radius 1 is 1.24 bits per heavy atom. The number of nitrogens with zero attached hydrogens (tertiary/aromatic N) is 1. The van der Waals surface area contributed by atoms with Crippen molar-refractivity contribution in [2.75, 3.05) is 44.9 Å². The molecule has 2 aromatic carbocycles. The predicted molar refractivity (Wildman–Crippen MR) is 180 cm³/mol. The van der Waals surface area contributed by atoms with Gasteiger partial charge >= 0.3 is 0 Å². The second-order valence-corrected chi connectivity index (χ2v) is 14.7. The Morgan fingerprint density at radius 2 is 2.09 bits per heavy atom. The van der Waals surface area contributed by atoms with E-state index in [2.05, 4.69) is 40.8 Å². The highest BCUT2D eigenvalue weighted by Crippen LogP contribution is 2.47. The first-order valence-corrected chi connectivity index (χ1v) is 17.9. The van der Waals surface area contributed by atoms with E-state index >= 15 is 0 Å². The number of amides is 1. The number of carbonyl (C=O) groups excluding carboxylic acids is 1. The normalized spacial score (nSPS) is 27.6. The lowest BCUT2D eigenvalue weighted by molar-refractivity contribution is -0.0309. The third kappa shape index (κ3) is 7.31. The van der Waals surface area contributed by atoms with Crippen LogP contribution in [0.3, 0.4) is 0 Å². The van der Waals surface area contributed by atoms with Crippen LogP contribution in [-0.2, 0) is 31.7 Å². The summed E-state index contributed by atoms with van der Waals surface area (Å²) in [5.74, 6) is 2.71. The van der Waals surface area contributed by atoms with Crippen LogP contribution in [-0.4, -0.2) is 56.2 Å². The van der Waals surface area contributed by atoms with Gasteiger partial charge in [-0.3, -0.25) is 4.79 Å². The summed E-state index contributed by atoms with van der Waals surface area (Å²) in [5.41, 5.74) is 9.03. The van der Waals surface area contributed by atoms with Gasteiger partial charge in [0.15, 0.2) is 0 Å². The Hall–Kier alpha value is -2.74. The Balaban J connectivity index is 1.30. The maximum absolute atomic E-state index is 12.9. The molecule has 6 rings (SSSR count). The summed E-state index contributed by atoms with van der Waals surface area (Å²) in [6.07, 6.45) is 12.4. The van der Waals surface area contributed by atoms with Crippen molar-refractivity contribution in [3.63, 3.8) is 0 Å². The molecule has 0 bridgehead atoms. The van der Waals surface area contributed by atoms with E-state index in [1.165, 1.54) is 17.5 Å². The van der Waals surface area contributed by atoms with E-state index in [0.717, 1.165) is 79.9 Å². The lowest BCUT2D eigenvalue weighted by Gasteiger charge is -2.46. The number of fused-ring (bicyclic) bond motifs is 3. The molecule has 2 aromatic rings. The topological polar surface area (TPSA) is 77.1 Å². The summed E-state index contributed by atoms with van der Waals surface area (Å²) in [5, 5.41) is 0.759. The number of anilines is 1. The second-order valence-electron chi connectivity index (χ2n) is 13.5. The summed E-state index contributed by atoms with van der Waals surface area (Å²) in [6.45, 7) is 5.59. The second kappa shape index (κ2) is 13.9. The number of hydrogen-bond acceptors (Lipinski definition) is 6. The van der Waals surface area contributed by atoms with Gasteiger partial charge in [0.05, 0.1) is 31.6 Å². The molecule has 0 saturated heterocycles. The van der Waals surface area contributed by atoms with Crippen molar-refractivity contribution in [1.29, 1.82) is 0 Å². The smallest absolute Gasteiger partial charge is 0.266 e. The Bertz CT molecular complexity index is 1560. The summed E-state index contributed by atoms with van der Waals surface area (Å²) >= 11 is 6.44. The van der Waals surface area contributed by atoms with E-state index in [1.807, 2.05) is 18.2 Å². The van der Waals surface area contributed by atoms with Crippen LogP contribution in [0, 0.1) is 29.4 Å². The molecule has 1 aliphatic heterocycles. The first kappa shape index (κ1) is 32.2. The highest BCUT2D eigenvalue weighted by Gasteiger charge is 2.44. The molecule has 1 N–H and O–H groups in total. The molecule has 242 valence electrons. The fourth-order valence-electron chi connectivity index (χ4n) is 7.65. The minimum Gasteiger partial charge on any atom is -0.490 e. The number of benzene rings is 2. The van der Waals surface area contributed by atoms with Crippen LogP contribution >= 0.6 is 11.6 Å². The van der Waals surface area contributed by atoms with Gasteiger partial charge in [-0.2, -0.15) is 4.21 Å². The van der Waals surface area contributed by atoms with Gasteiger partial charge in [0.1, 0.15) is 16.1 Å². The van der Waals surface area contributed by atoms with Gasteiger partial charge < -0.3 is 19.1 Å². The van der Waals surface area contributed by atoms with E-state index in [4.69, 9.17) is 31.5 Å². The average Bonchev–Trinajstić information content (AvgIpc) is 3.73. The maximum Gasteiger partial charge on any atom is 0.266 e. The fraction of sp³-hybridized carbons (Fsp3) is 0.556. The molecule has 9 heteroatoms. The zero-order chi connectivity index (χ0) is 31.6. The minimum absolute atomic E-state index is 0.0406. The first-order valence-electron chi connectivity index (χ1n) is 16.3. The number of aryl methyl sites for hydroxylation is 1. The number of halogens is 1. The molecule has 45 heavy (non-hydrogen) atoms. The van der Waals surface area contributed by atoms with Crippen LogP contribution in [0.4, 0.5) is 5.69 Å². The molecule has 2 saturated carbocycles. The van der Waals surface area contributed by atoms with Crippen LogP contribution in [0.15, 0.2) is 48.6 Å². The molecular formula is C36H45ClN2O5S. The lowest BCUT2D eigenvalue weighted by Crippen LogP contribution is -2.49. The van der Waals surface area contributed by atoms with Gasteiger partial charge in [0.25, 0.3) is 5.91 Å². The molecule has 1 spiro atoms. The highest BCUT2D eigenvalue weighted by atomic mass is 35.5. The number of ether oxygens (including phenoxy) is 3. The summed E-state index contributed by atoms with van der Waals surface area (Å²) < 4.78 is 32.2. The molecule has 0 radical (unpaired) electrons. The number of allylic oxidation sites excluding steroid dienone is 1. The Labute approximate surface area is 274 Å². The highest BCUT2D eigenvalue weighted by molar-refractivity contribution is 7.72. The molecule has 6 atom stereocenters. The molecule has 1 heterocycles. The number of rotatable bonds is 11. The number of nitrogens with one attached hydrogen (secondary N) is 1. The SMILES string of the molecule is C#S(=O)NC(=O)c1ccc2c(c1)N(C[C@@H]1CC[C@H]1[C@H](/C=C/C[C@H]1C[C@@H]1C)OCCOC)C[C@@]1(CCCc3cc(Cl)ccc31)CO2. The van der Waals surface area contributed by atoms with Crippen molar-refractivity contribution >= 4 is 33.6 Å². The maximum atomic E-state index is 12.9. The molecule has 2 fully saturated rings. The van der Waals surface area contributed by atoms with Crippen molar-refractivity contribution < 1.29 is 23.2 Å². The van der Waals surface area contributed by atoms with E-state index < -0.39 is 16.3 Å². The van der Waals surface area contributed by atoms with Crippen LogP contribution in [0.25, 0.3) is 0 Å². The molecule has 4 aliphatic rings. The third-order valence-electron chi connectivity index (χ3n) is 10.5. The monoisotopic (exact) mass is 652 g/mol. The van der Waals surface area contributed by atoms with Gasteiger partial charge in [0.2, 0.25) is 0 Å². The average molecular weight is 653 g/mol. The predicted octanol–water partition coefficient (Wildman–Crippen LogP) is 6.46. The van der Waals surface area contributed by atoms with Gasteiger partial charge in [0, 0.05) is 36.2 Å². The summed E-state index contributed by atoms with van der Waals surface area (Å²) in [6, 6.07) is 11.7. The van der Waals surface area contributed by atoms with Crippen molar-refractivity contribution in [2.45, 2.75) is 63.4 Å². The molecule has 0 unspecified atom stereocenters. The van der Waals surface area contributed by atoms with Crippen molar-refractivity contribution in [3.05, 3.63) is 70.3 Å². The quantitative estimate of drug-likeness (QED) is 0.222. The molecule has 1 amide bonds. The van der Waals surface area contributed by atoms with E-state index in [9.17, 15) is 9.00 Å². The van der Waals surface area contributed by atoms with E-state index in [0.29, 0.717) is 37.2 Å². The van der Waals surface area contributed by atoms with Gasteiger partial charge in [-0.1, -0.05) is 42.4 Å². The fourth-order valence-corrected chi connectivity index (χ4v) is 8.14. The number of methoxy groups -OCH3 is 1. The zero-order valence-electron chi connectivity index (χ0n) is 26.3. The van der Waals surface area contributed by atoms with Gasteiger partial charge in [-0.05, 0) is 110 Å². The van der Waals surface area contributed by atoms with Crippen LogP contribution in [0.2, 0.25) is 5.02 Å². The van der Waals surface area contributed by atoms with Crippen LogP contribution in [0.5, 0.6) is 5.75 Å². The Morgan fingerprint density at radius 3 is 2.82 bits per heavy atom. The first-order chi connectivity index (χ1) is 21.8. The standard InChI is InChI=1S/C36H45ClN2O5S/c1-24-18-25(24)6-4-8-33(43-17-16-42-2)30-12-9-28(30)21-39-22-36(15-5-7-26-19-29(37)11-13-31(26)36)23-44-34-14-10-27(20-32(34)39)35(40)38-45(3)41/h3-4,8,10-11,13-14,19-20,24-25,28,30,33H,5-7,9,12,15-18,21-23H2,1-2H3,(H,38,40,41)/b8-4+/t24-,25-,28-,30+,33-,36-/m0/s1. The van der Waals surface area contributed by atoms with E-state index in [1.54, 1.807) is 13.2 Å². The zero-order valence-corrected chi connectivity index (χ0v) is 27.9. The van der Waals surface area contributed by atoms with Gasteiger partial charge in [-0.25, -0.2) is 4.72 Å². The minimum atomic E-state index is -1.95. The van der Waals surface area contributed by atoms with Crippen molar-refractivity contribution in [3.8, 4) is 11.4 Å². The van der Waals surface area contributed by atoms with Crippen molar-refractivity contribution in [1.82, 2.24) is 4.72 Å². The number of hydrogen-bond donors (Lipinski definition) is 1. The summed E-state index contributed by atoms with van der Waals surface area (Å²) in [7, 11) is -0.241. The molecule has 7 nitrogen and oxygen atoms in total. The largest absolute Gasteiger partial charge is 0.490 e.